The van der Waals surface area contributed by atoms with E-state index in [-0.39, 0.29) is 16.9 Å². The molecule has 5 nitrogen and oxygen atoms in total. The molecule has 1 rings (SSSR count). The number of nitrogens with one attached hydrogen (secondary N) is 1. The number of carboxylic acids is 1. The van der Waals surface area contributed by atoms with E-state index in [1.165, 1.54) is 11.3 Å². The first-order chi connectivity index (χ1) is 9.42. The summed E-state index contributed by atoms with van der Waals surface area (Å²) in [4.78, 5) is 13.1. The van der Waals surface area contributed by atoms with Gasteiger partial charge in [-0.1, -0.05) is 20.8 Å². The normalized spacial score (nSPS) is 14.1. The van der Waals surface area contributed by atoms with Crippen molar-refractivity contribution < 1.29 is 18.3 Å². The van der Waals surface area contributed by atoms with Gasteiger partial charge < -0.3 is 5.11 Å². The zero-order chi connectivity index (χ0) is 16.4. The Hall–Kier alpha value is -0.920. The van der Waals surface area contributed by atoms with Crippen molar-refractivity contribution in [3.05, 3.63) is 15.8 Å². The summed E-state index contributed by atoms with van der Waals surface area (Å²) >= 11 is 1.41. The fourth-order valence-electron chi connectivity index (χ4n) is 2.15. The average Bonchev–Trinajstić information content (AvgIpc) is 2.63. The maximum Gasteiger partial charge on any atom is 0.307 e. The lowest BCUT2D eigenvalue weighted by atomic mass is 9.85. The van der Waals surface area contributed by atoms with Crippen LogP contribution in [0.25, 0.3) is 0 Å². The minimum absolute atomic E-state index is 0.0940. The summed E-state index contributed by atoms with van der Waals surface area (Å²) in [7, 11) is -3.66. The molecule has 1 atom stereocenters. The third kappa shape index (κ3) is 5.41. The van der Waals surface area contributed by atoms with Gasteiger partial charge in [0.1, 0.15) is 0 Å². The zero-order valence-electron chi connectivity index (χ0n) is 13.1. The Balaban J connectivity index is 2.84. The van der Waals surface area contributed by atoms with E-state index in [4.69, 9.17) is 0 Å². The summed E-state index contributed by atoms with van der Waals surface area (Å²) in [5.74, 6) is -1.72. The van der Waals surface area contributed by atoms with E-state index in [1.54, 1.807) is 13.0 Å². The summed E-state index contributed by atoms with van der Waals surface area (Å²) in [6.07, 6.45) is 0.409. The van der Waals surface area contributed by atoms with E-state index in [0.29, 0.717) is 11.3 Å². The van der Waals surface area contributed by atoms with Gasteiger partial charge in [-0.05, 0) is 31.7 Å². The highest BCUT2D eigenvalue weighted by molar-refractivity contribution is 7.89. The number of carbonyl (C=O) groups is 1. The Kier molecular flexibility index (Phi) is 5.57. The molecule has 0 saturated carbocycles. The zero-order valence-corrected chi connectivity index (χ0v) is 14.7. The Labute approximate surface area is 130 Å². The van der Waals surface area contributed by atoms with Gasteiger partial charge in [-0.3, -0.25) is 4.79 Å². The maximum atomic E-state index is 12.3. The lowest BCUT2D eigenvalue weighted by Crippen LogP contribution is -2.35. The van der Waals surface area contributed by atoms with Crippen molar-refractivity contribution in [2.75, 3.05) is 6.54 Å². The van der Waals surface area contributed by atoms with Crippen LogP contribution in [0.1, 0.15) is 36.9 Å². The monoisotopic (exact) mass is 333 g/mol. The van der Waals surface area contributed by atoms with Crippen molar-refractivity contribution >= 4 is 27.3 Å². The minimum Gasteiger partial charge on any atom is -0.481 e. The molecule has 7 heteroatoms. The molecular formula is C14H23NO4S2. The van der Waals surface area contributed by atoms with Crippen LogP contribution in [0, 0.1) is 25.2 Å². The van der Waals surface area contributed by atoms with Gasteiger partial charge in [0.15, 0.2) is 0 Å². The van der Waals surface area contributed by atoms with Crippen molar-refractivity contribution in [3.8, 4) is 0 Å². The second-order valence-electron chi connectivity index (χ2n) is 6.43. The SMILES string of the molecule is Cc1cc(S(=O)(=O)NCC(CC(C)(C)C)C(=O)O)c(C)s1. The molecule has 0 aliphatic rings. The smallest absolute Gasteiger partial charge is 0.307 e. The summed E-state index contributed by atoms with van der Waals surface area (Å²) in [5, 5.41) is 9.23. The Morgan fingerprint density at radius 2 is 1.95 bits per heavy atom. The van der Waals surface area contributed by atoms with Gasteiger partial charge in [0.2, 0.25) is 10.0 Å². The Bertz CT molecular complexity index is 611. The minimum atomic E-state index is -3.66. The van der Waals surface area contributed by atoms with Gasteiger partial charge in [0.25, 0.3) is 0 Å². The molecule has 0 fully saturated rings. The molecule has 0 spiro atoms. The van der Waals surface area contributed by atoms with Crippen molar-refractivity contribution in [1.29, 1.82) is 0 Å². The number of hydrogen-bond acceptors (Lipinski definition) is 4. The van der Waals surface area contributed by atoms with Gasteiger partial charge in [-0.2, -0.15) is 0 Å². The lowest BCUT2D eigenvalue weighted by Gasteiger charge is -2.23. The van der Waals surface area contributed by atoms with E-state index in [2.05, 4.69) is 4.72 Å². The molecule has 120 valence electrons. The number of hydrogen-bond donors (Lipinski definition) is 2. The first-order valence-electron chi connectivity index (χ1n) is 6.72. The molecule has 2 N–H and O–H groups in total. The first-order valence-corrected chi connectivity index (χ1v) is 9.02. The van der Waals surface area contributed by atoms with Gasteiger partial charge in [0, 0.05) is 16.3 Å². The highest BCUT2D eigenvalue weighted by Crippen LogP contribution is 2.26. The standard InChI is InChI=1S/C14H23NO4S2/c1-9-6-12(10(2)20-9)21(18,19)15-8-11(13(16)17)7-14(3,4)5/h6,11,15H,7-8H2,1-5H3,(H,16,17). The van der Waals surface area contributed by atoms with Crippen LogP contribution in [-0.4, -0.2) is 26.0 Å². The van der Waals surface area contributed by atoms with Gasteiger partial charge >= 0.3 is 5.97 Å². The van der Waals surface area contributed by atoms with Crippen molar-refractivity contribution in [2.45, 2.75) is 45.9 Å². The van der Waals surface area contributed by atoms with Crippen molar-refractivity contribution in [3.63, 3.8) is 0 Å². The lowest BCUT2D eigenvalue weighted by molar-refractivity contribution is -0.142. The highest BCUT2D eigenvalue weighted by atomic mass is 32.2. The molecule has 0 saturated heterocycles. The summed E-state index contributed by atoms with van der Waals surface area (Å²) in [6, 6.07) is 1.61. The molecule has 1 aromatic heterocycles. The largest absolute Gasteiger partial charge is 0.481 e. The molecule has 0 bridgehead atoms. The van der Waals surface area contributed by atoms with Crippen molar-refractivity contribution in [1.82, 2.24) is 4.72 Å². The Morgan fingerprint density at radius 1 is 1.38 bits per heavy atom. The molecule has 1 aromatic rings. The van der Waals surface area contributed by atoms with E-state index < -0.39 is 21.9 Å². The molecule has 0 radical (unpaired) electrons. The highest BCUT2D eigenvalue weighted by Gasteiger charge is 2.27. The summed E-state index contributed by atoms with van der Waals surface area (Å²) in [5.41, 5.74) is -0.177. The number of thiophene rings is 1. The van der Waals surface area contributed by atoms with Gasteiger partial charge in [-0.25, -0.2) is 13.1 Å². The quantitative estimate of drug-likeness (QED) is 0.838. The van der Waals surface area contributed by atoms with Crippen LogP contribution in [0.2, 0.25) is 0 Å². The maximum absolute atomic E-state index is 12.3. The number of aryl methyl sites for hydroxylation is 2. The van der Waals surface area contributed by atoms with Gasteiger partial charge in [-0.15, -0.1) is 11.3 Å². The second-order valence-corrected chi connectivity index (χ2v) is 9.63. The average molecular weight is 333 g/mol. The molecule has 0 aromatic carbocycles. The molecule has 21 heavy (non-hydrogen) atoms. The first kappa shape index (κ1) is 18.1. The number of carboxylic acid groups (broad SMARTS) is 1. The molecular weight excluding hydrogens is 310 g/mol. The number of rotatable bonds is 6. The molecule has 1 heterocycles. The van der Waals surface area contributed by atoms with Crippen molar-refractivity contribution in [2.24, 2.45) is 11.3 Å². The third-order valence-corrected chi connectivity index (χ3v) is 5.66. The second kappa shape index (κ2) is 6.46. The van der Waals surface area contributed by atoms with Gasteiger partial charge in [0.05, 0.1) is 10.8 Å². The fourth-order valence-corrected chi connectivity index (χ4v) is 4.78. The molecule has 0 aliphatic heterocycles. The molecule has 0 aliphatic carbocycles. The predicted octanol–water partition coefficient (Wildman–Crippen LogP) is 2.78. The van der Waals surface area contributed by atoms with Crippen LogP contribution in [0.5, 0.6) is 0 Å². The van der Waals surface area contributed by atoms with Crippen LogP contribution < -0.4 is 4.72 Å². The predicted molar refractivity (Wildman–Crippen MR) is 84.2 cm³/mol. The van der Waals surface area contributed by atoms with Crippen LogP contribution in [0.4, 0.5) is 0 Å². The van der Waals surface area contributed by atoms with E-state index >= 15 is 0 Å². The molecule has 0 amide bonds. The number of aliphatic carboxylic acids is 1. The fraction of sp³-hybridized carbons (Fsp3) is 0.643. The van der Waals surface area contributed by atoms with Crippen LogP contribution in [0.3, 0.4) is 0 Å². The van der Waals surface area contributed by atoms with Crippen LogP contribution in [0.15, 0.2) is 11.0 Å². The third-order valence-electron chi connectivity index (χ3n) is 3.01. The number of sulfonamides is 1. The van der Waals surface area contributed by atoms with Crippen LogP contribution in [-0.2, 0) is 14.8 Å². The molecule has 1 unspecified atom stereocenters. The topological polar surface area (TPSA) is 83.5 Å². The van der Waals surface area contributed by atoms with E-state index in [9.17, 15) is 18.3 Å². The summed E-state index contributed by atoms with van der Waals surface area (Å²) < 4.78 is 27.0. The van der Waals surface area contributed by atoms with E-state index in [0.717, 1.165) is 4.88 Å². The van der Waals surface area contributed by atoms with E-state index in [1.807, 2.05) is 27.7 Å². The summed E-state index contributed by atoms with van der Waals surface area (Å²) in [6.45, 7) is 9.30. The Morgan fingerprint density at radius 3 is 2.33 bits per heavy atom. The van der Waals surface area contributed by atoms with Crippen LogP contribution >= 0.6 is 11.3 Å².